The number of ether oxygens (including phenoxy) is 2. The number of benzene rings is 1. The minimum atomic E-state index is -4.68. The highest BCUT2D eigenvalue weighted by Gasteiger charge is 2.44. The fraction of sp³-hybridized carbons (Fsp3) is 0.640. The Morgan fingerprint density at radius 2 is 1.81 bits per heavy atom. The largest absolute Gasteiger partial charge is 0.487 e. The summed E-state index contributed by atoms with van der Waals surface area (Å²) in [4.78, 5) is 25.5. The summed E-state index contributed by atoms with van der Waals surface area (Å²) in [5, 5.41) is 19.8. The van der Waals surface area contributed by atoms with Crippen LogP contribution in [0.4, 0.5) is 4.79 Å². The van der Waals surface area contributed by atoms with Crippen LogP contribution in [-0.2, 0) is 26.0 Å². The molecule has 1 aromatic carbocycles. The smallest absolute Gasteiger partial charge is 0.425 e. The molecular formula is C25H40N4O7S. The van der Waals surface area contributed by atoms with Crippen LogP contribution in [0, 0.1) is 26.2 Å². The lowest BCUT2D eigenvalue weighted by Gasteiger charge is -2.36. The van der Waals surface area contributed by atoms with E-state index in [1.807, 2.05) is 13.8 Å². The van der Waals surface area contributed by atoms with Gasteiger partial charge in [0.05, 0.1) is 4.90 Å². The molecule has 11 nitrogen and oxygen atoms in total. The Morgan fingerprint density at radius 3 is 2.32 bits per heavy atom. The van der Waals surface area contributed by atoms with Gasteiger partial charge >= 0.3 is 12.1 Å². The molecule has 0 unspecified atom stereocenters. The summed E-state index contributed by atoms with van der Waals surface area (Å²) in [7, 11) is -4.68. The maximum Gasteiger partial charge on any atom is 0.425 e. The molecule has 12 heteroatoms. The zero-order valence-corrected chi connectivity index (χ0v) is 23.8. The molecule has 1 amide bonds. The van der Waals surface area contributed by atoms with E-state index in [1.165, 1.54) is 0 Å². The summed E-state index contributed by atoms with van der Waals surface area (Å²) < 4.78 is 40.3. The standard InChI is InChI=1S/C25H40N4O7S/c1-14-15(2)20(16(3)17-11-12-25(7,8)35-19(14)17)37(33,34)29(23(32)36-24(4,5)6)18(21(30)31)10-9-13-28-22(26)27/h18H,9-13H2,1-8H3,(H,30,31)(H4,26,27,28)/t18-/m0/s1. The van der Waals surface area contributed by atoms with Gasteiger partial charge in [-0.25, -0.2) is 18.0 Å². The highest BCUT2D eigenvalue weighted by molar-refractivity contribution is 7.89. The molecule has 1 heterocycles. The number of carboxylic acid groups (broad SMARTS) is 1. The molecule has 0 bridgehead atoms. The molecule has 0 saturated heterocycles. The number of fused-ring (bicyclic) bond motifs is 1. The second-order valence-electron chi connectivity index (χ2n) is 11.0. The van der Waals surface area contributed by atoms with Gasteiger partial charge < -0.3 is 25.6 Å². The van der Waals surface area contributed by atoms with Crippen molar-refractivity contribution in [2.45, 2.75) is 103 Å². The summed E-state index contributed by atoms with van der Waals surface area (Å²) in [5.41, 5.74) is 5.94. The van der Waals surface area contributed by atoms with Gasteiger partial charge in [-0.1, -0.05) is 0 Å². The van der Waals surface area contributed by atoms with Crippen molar-refractivity contribution in [3.05, 3.63) is 22.3 Å². The molecule has 0 fully saturated rings. The lowest BCUT2D eigenvalue weighted by Crippen LogP contribution is -2.51. The number of amides is 1. The fourth-order valence-electron chi connectivity index (χ4n) is 4.39. The quantitative estimate of drug-likeness (QED) is 0.219. The number of nitrogens with zero attached hydrogens (tertiary/aromatic N) is 1. The Hall–Kier alpha value is -3.02. The molecule has 5 N–H and O–H groups in total. The van der Waals surface area contributed by atoms with Crippen LogP contribution in [0.15, 0.2) is 4.90 Å². The molecular weight excluding hydrogens is 500 g/mol. The predicted octanol–water partition coefficient (Wildman–Crippen LogP) is 3.36. The maximum absolute atomic E-state index is 14.2. The van der Waals surface area contributed by atoms with Gasteiger partial charge in [-0.3, -0.25) is 5.41 Å². The van der Waals surface area contributed by atoms with Gasteiger partial charge in [0.15, 0.2) is 5.96 Å². The molecule has 0 saturated carbocycles. The molecule has 0 aromatic heterocycles. The Morgan fingerprint density at radius 1 is 1.22 bits per heavy atom. The van der Waals surface area contributed by atoms with Crippen molar-refractivity contribution >= 4 is 28.0 Å². The van der Waals surface area contributed by atoms with Gasteiger partial charge in [-0.15, -0.1) is 0 Å². The highest BCUT2D eigenvalue weighted by Crippen LogP contribution is 2.43. The summed E-state index contributed by atoms with van der Waals surface area (Å²) in [6.45, 7) is 13.8. The molecule has 1 aliphatic rings. The third-order valence-corrected chi connectivity index (χ3v) is 8.34. The topological polar surface area (TPSA) is 172 Å². The Labute approximate surface area is 219 Å². The van der Waals surface area contributed by atoms with E-state index in [9.17, 15) is 23.1 Å². The van der Waals surface area contributed by atoms with Crippen LogP contribution in [0.2, 0.25) is 0 Å². The van der Waals surface area contributed by atoms with Crippen molar-refractivity contribution < 1.29 is 32.6 Å². The number of nitrogens with two attached hydrogens (primary N) is 1. The molecule has 1 atom stereocenters. The first-order valence-electron chi connectivity index (χ1n) is 12.2. The first-order chi connectivity index (χ1) is 16.8. The van der Waals surface area contributed by atoms with Crippen molar-refractivity contribution in [1.29, 1.82) is 5.41 Å². The van der Waals surface area contributed by atoms with E-state index in [0.29, 0.717) is 39.6 Å². The number of nitrogens with one attached hydrogen (secondary N) is 2. The van der Waals surface area contributed by atoms with Crippen LogP contribution in [0.1, 0.15) is 76.1 Å². The van der Waals surface area contributed by atoms with E-state index < -0.39 is 39.3 Å². The number of sulfonamides is 1. The predicted molar refractivity (Wildman–Crippen MR) is 140 cm³/mol. The van der Waals surface area contributed by atoms with E-state index >= 15 is 0 Å². The lowest BCUT2D eigenvalue weighted by atomic mass is 9.88. The zero-order valence-electron chi connectivity index (χ0n) is 22.9. The van der Waals surface area contributed by atoms with Crippen LogP contribution in [0.5, 0.6) is 5.75 Å². The SMILES string of the molecule is Cc1c(C)c(S(=O)(=O)N(C(=O)OC(C)(C)C)[C@@H](CCCNC(=N)N)C(=O)O)c(C)c2c1OC(C)(C)CC2. The summed E-state index contributed by atoms with van der Waals surface area (Å²) in [6.07, 6.45) is -0.114. The highest BCUT2D eigenvalue weighted by atomic mass is 32.2. The lowest BCUT2D eigenvalue weighted by molar-refractivity contribution is -0.141. The average Bonchev–Trinajstić information content (AvgIpc) is 2.71. The average molecular weight is 541 g/mol. The van der Waals surface area contributed by atoms with Crippen molar-refractivity contribution in [2.75, 3.05) is 6.54 Å². The van der Waals surface area contributed by atoms with Crippen LogP contribution >= 0.6 is 0 Å². The first kappa shape index (κ1) is 30.2. The second-order valence-corrected chi connectivity index (χ2v) is 12.7. The Balaban J connectivity index is 2.70. The number of carbonyl (C=O) groups excluding carboxylic acids is 1. The summed E-state index contributed by atoms with van der Waals surface area (Å²) in [5.74, 6) is -1.17. The van der Waals surface area contributed by atoms with Crippen LogP contribution < -0.4 is 15.8 Å². The van der Waals surface area contributed by atoms with Gasteiger partial charge in [0.25, 0.3) is 10.0 Å². The van der Waals surface area contributed by atoms with Gasteiger partial charge in [-0.2, -0.15) is 4.31 Å². The summed E-state index contributed by atoms with van der Waals surface area (Å²) in [6, 6.07) is -1.74. The normalized spacial score (nSPS) is 15.7. The number of guanidine groups is 1. The molecule has 208 valence electrons. The van der Waals surface area contributed by atoms with Crippen molar-refractivity contribution in [2.24, 2.45) is 5.73 Å². The molecule has 0 spiro atoms. The fourth-order valence-corrected chi connectivity index (χ4v) is 6.40. The van der Waals surface area contributed by atoms with Crippen LogP contribution in [-0.4, -0.2) is 59.6 Å². The van der Waals surface area contributed by atoms with Gasteiger partial charge in [0.1, 0.15) is 23.0 Å². The number of hydrogen-bond acceptors (Lipinski definition) is 7. The maximum atomic E-state index is 14.2. The Bertz CT molecular complexity index is 1190. The minimum absolute atomic E-state index is 0.119. The number of hydrogen-bond donors (Lipinski definition) is 4. The van der Waals surface area contributed by atoms with E-state index in [2.05, 4.69) is 5.32 Å². The zero-order chi connectivity index (χ0) is 28.5. The molecule has 2 rings (SSSR count). The monoisotopic (exact) mass is 540 g/mol. The van der Waals surface area contributed by atoms with Gasteiger partial charge in [0.2, 0.25) is 0 Å². The first-order valence-corrected chi connectivity index (χ1v) is 13.6. The van der Waals surface area contributed by atoms with Crippen LogP contribution in [0.25, 0.3) is 0 Å². The summed E-state index contributed by atoms with van der Waals surface area (Å²) >= 11 is 0. The molecule has 1 aromatic rings. The molecule has 37 heavy (non-hydrogen) atoms. The molecule has 0 aliphatic carbocycles. The van der Waals surface area contributed by atoms with E-state index in [4.69, 9.17) is 20.6 Å². The number of carboxylic acids is 1. The minimum Gasteiger partial charge on any atom is -0.487 e. The number of rotatable bonds is 8. The number of carbonyl (C=O) groups is 2. The molecule has 0 radical (unpaired) electrons. The van der Waals surface area contributed by atoms with Crippen LogP contribution in [0.3, 0.4) is 0 Å². The van der Waals surface area contributed by atoms with E-state index in [1.54, 1.807) is 41.5 Å². The number of aliphatic carboxylic acids is 1. The van der Waals surface area contributed by atoms with Crippen molar-refractivity contribution in [1.82, 2.24) is 9.62 Å². The third-order valence-electron chi connectivity index (χ3n) is 6.29. The van der Waals surface area contributed by atoms with E-state index in [-0.39, 0.29) is 30.2 Å². The third kappa shape index (κ3) is 6.85. The second kappa shape index (κ2) is 10.8. The molecule has 1 aliphatic heterocycles. The van der Waals surface area contributed by atoms with Gasteiger partial charge in [-0.05, 0) is 103 Å². The van der Waals surface area contributed by atoms with Crippen molar-refractivity contribution in [3.8, 4) is 5.75 Å². The van der Waals surface area contributed by atoms with Crippen molar-refractivity contribution in [3.63, 3.8) is 0 Å². The Kier molecular flexibility index (Phi) is 8.79. The van der Waals surface area contributed by atoms with E-state index in [0.717, 1.165) is 5.56 Å². The van der Waals surface area contributed by atoms with Gasteiger partial charge in [0, 0.05) is 6.54 Å².